The topological polar surface area (TPSA) is 27.6 Å². The molecule has 0 aromatic rings. The SMILES string of the molecule is [Cl-].[NH3+]C(Cl)(Cl)Cl. The van der Waals surface area contributed by atoms with Crippen LogP contribution in [0.25, 0.3) is 0 Å². The molecular weight excluding hydrogens is 168 g/mol. The summed E-state index contributed by atoms with van der Waals surface area (Å²) in [5, 5.41) is 0. The van der Waals surface area contributed by atoms with Gasteiger partial charge in [0.2, 0.25) is 0 Å². The predicted molar refractivity (Wildman–Crippen MR) is 23.2 cm³/mol. The summed E-state index contributed by atoms with van der Waals surface area (Å²) < 4.78 is -1.33. The Balaban J connectivity index is 0. The smallest absolute Gasteiger partial charge is 0.325 e. The molecule has 0 aliphatic carbocycles. The van der Waals surface area contributed by atoms with Crippen LogP contribution in [0.3, 0.4) is 0 Å². The van der Waals surface area contributed by atoms with E-state index >= 15 is 0 Å². The molecule has 40 valence electrons. The highest BCUT2D eigenvalue weighted by Gasteiger charge is 2.13. The Hall–Kier alpha value is 1.12. The molecule has 0 aliphatic heterocycles. The number of rotatable bonds is 0. The molecule has 3 N–H and O–H groups in total. The van der Waals surface area contributed by atoms with Crippen LogP contribution in [-0.4, -0.2) is 3.92 Å². The standard InChI is InChI=1S/CH2Cl3N.ClH/c2-1(3,4)5;/h5H2;1H. The number of halogens is 4. The van der Waals surface area contributed by atoms with Crippen LogP contribution in [-0.2, 0) is 0 Å². The third-order valence-corrected chi connectivity index (χ3v) is 0. The molecule has 0 aromatic carbocycles. The predicted octanol–water partition coefficient (Wildman–Crippen LogP) is -2.44. The van der Waals surface area contributed by atoms with E-state index in [1.807, 2.05) is 0 Å². The zero-order chi connectivity index (χ0) is 4.50. The summed E-state index contributed by atoms with van der Waals surface area (Å²) in [4.78, 5) is 0. The van der Waals surface area contributed by atoms with Gasteiger partial charge in [-0.25, -0.2) is 0 Å². The summed E-state index contributed by atoms with van der Waals surface area (Å²) in [5.74, 6) is 0. The van der Waals surface area contributed by atoms with Crippen LogP contribution in [0.15, 0.2) is 0 Å². The van der Waals surface area contributed by atoms with Gasteiger partial charge in [0.25, 0.3) is 0 Å². The van der Waals surface area contributed by atoms with Gasteiger partial charge < -0.3 is 18.1 Å². The van der Waals surface area contributed by atoms with E-state index < -0.39 is 3.92 Å². The third-order valence-electron chi connectivity index (χ3n) is 0. The van der Waals surface area contributed by atoms with Gasteiger partial charge in [0.1, 0.15) is 0 Å². The normalized spacial score (nSPS) is 10.0. The fourth-order valence-electron chi connectivity index (χ4n) is 0. The molecule has 0 spiro atoms. The lowest BCUT2D eigenvalue weighted by Crippen LogP contribution is -3.00. The summed E-state index contributed by atoms with van der Waals surface area (Å²) in [7, 11) is 0. The van der Waals surface area contributed by atoms with Crippen molar-refractivity contribution in [2.24, 2.45) is 0 Å². The van der Waals surface area contributed by atoms with E-state index in [4.69, 9.17) is 34.8 Å². The fraction of sp³-hybridized carbons (Fsp3) is 1.00. The minimum atomic E-state index is -1.33. The van der Waals surface area contributed by atoms with E-state index in [2.05, 4.69) is 5.73 Å². The van der Waals surface area contributed by atoms with E-state index in [0.717, 1.165) is 0 Å². The number of quaternary nitrogens is 1. The first-order valence-corrected chi connectivity index (χ1v) is 2.05. The molecule has 0 unspecified atom stereocenters. The largest absolute Gasteiger partial charge is 1.00 e. The molecule has 0 saturated heterocycles. The molecule has 0 bridgehead atoms. The molecule has 5 heteroatoms. The van der Waals surface area contributed by atoms with Gasteiger partial charge in [-0.1, -0.05) is 0 Å². The van der Waals surface area contributed by atoms with Crippen LogP contribution < -0.4 is 18.1 Å². The Bertz CT molecular complexity index is 23.0. The molecule has 0 heterocycles. The maximum Gasteiger partial charge on any atom is 0.325 e. The second-order valence-electron chi connectivity index (χ2n) is 0.615. The van der Waals surface area contributed by atoms with E-state index in [0.29, 0.717) is 0 Å². The maximum absolute atomic E-state index is 4.95. The molecule has 0 atom stereocenters. The lowest BCUT2D eigenvalue weighted by atomic mass is 11.5. The monoisotopic (exact) mass is 169 g/mol. The van der Waals surface area contributed by atoms with Gasteiger partial charge in [0.15, 0.2) is 0 Å². The molecule has 0 aromatic heterocycles. The molecule has 0 rings (SSSR count). The lowest BCUT2D eigenvalue weighted by molar-refractivity contribution is -0.380. The zero-order valence-corrected chi connectivity index (χ0v) is 5.74. The zero-order valence-electron chi connectivity index (χ0n) is 2.72. The van der Waals surface area contributed by atoms with Crippen LogP contribution in [0, 0.1) is 0 Å². The summed E-state index contributed by atoms with van der Waals surface area (Å²) in [5.41, 5.74) is 3.07. The minimum absolute atomic E-state index is 0. The summed E-state index contributed by atoms with van der Waals surface area (Å²) in [6, 6.07) is 0. The molecular formula is CH3Cl4N. The molecule has 6 heavy (non-hydrogen) atoms. The molecule has 0 fully saturated rings. The van der Waals surface area contributed by atoms with Gasteiger partial charge in [-0.05, 0) is 34.8 Å². The van der Waals surface area contributed by atoms with E-state index in [1.54, 1.807) is 0 Å². The summed E-state index contributed by atoms with van der Waals surface area (Å²) >= 11 is 14.8. The second kappa shape index (κ2) is 3.16. The Morgan fingerprint density at radius 1 is 1.17 bits per heavy atom. The average molecular weight is 171 g/mol. The highest BCUT2D eigenvalue weighted by Crippen LogP contribution is 2.13. The molecule has 0 radical (unpaired) electrons. The van der Waals surface area contributed by atoms with Crippen molar-refractivity contribution in [2.45, 2.75) is 3.92 Å². The molecule has 0 aliphatic rings. The van der Waals surface area contributed by atoms with Crippen molar-refractivity contribution < 1.29 is 18.1 Å². The summed E-state index contributed by atoms with van der Waals surface area (Å²) in [6.07, 6.45) is 0. The van der Waals surface area contributed by atoms with Crippen molar-refractivity contribution in [2.75, 3.05) is 0 Å². The van der Waals surface area contributed by atoms with Gasteiger partial charge in [0.05, 0.1) is 0 Å². The van der Waals surface area contributed by atoms with Gasteiger partial charge in [0, 0.05) is 0 Å². The van der Waals surface area contributed by atoms with Crippen molar-refractivity contribution in [3.8, 4) is 0 Å². The van der Waals surface area contributed by atoms with Crippen LogP contribution in [0.2, 0.25) is 0 Å². The number of alkyl halides is 3. The second-order valence-corrected chi connectivity index (χ2v) is 3.13. The first-order valence-electron chi connectivity index (χ1n) is 0.921. The lowest BCUT2D eigenvalue weighted by Gasteiger charge is -1.90. The number of hydrogen-bond acceptors (Lipinski definition) is 0. The summed E-state index contributed by atoms with van der Waals surface area (Å²) in [6.45, 7) is 0. The third kappa shape index (κ3) is 69.3. The maximum atomic E-state index is 4.95. The Labute approximate surface area is 57.1 Å². The van der Waals surface area contributed by atoms with Crippen molar-refractivity contribution in [1.29, 1.82) is 0 Å². The molecule has 0 saturated carbocycles. The van der Waals surface area contributed by atoms with Crippen molar-refractivity contribution in [3.63, 3.8) is 0 Å². The molecule has 1 nitrogen and oxygen atoms in total. The van der Waals surface area contributed by atoms with Gasteiger partial charge >= 0.3 is 3.92 Å². The first kappa shape index (κ1) is 10.2. The van der Waals surface area contributed by atoms with E-state index in [-0.39, 0.29) is 12.4 Å². The van der Waals surface area contributed by atoms with Crippen molar-refractivity contribution in [3.05, 3.63) is 0 Å². The van der Waals surface area contributed by atoms with Crippen LogP contribution in [0.4, 0.5) is 0 Å². The average Bonchev–Trinajstić information content (AvgIpc) is 0.722. The van der Waals surface area contributed by atoms with Crippen LogP contribution in [0.1, 0.15) is 0 Å². The van der Waals surface area contributed by atoms with Crippen molar-refractivity contribution >= 4 is 34.8 Å². The highest BCUT2D eigenvalue weighted by atomic mass is 35.6. The Kier molecular flexibility index (Phi) is 5.37. The number of hydrogen-bond donors (Lipinski definition) is 1. The van der Waals surface area contributed by atoms with Gasteiger partial charge in [-0.3, -0.25) is 0 Å². The Morgan fingerprint density at radius 3 is 1.17 bits per heavy atom. The van der Waals surface area contributed by atoms with E-state index in [1.165, 1.54) is 0 Å². The van der Waals surface area contributed by atoms with Gasteiger partial charge in [-0.2, -0.15) is 0 Å². The fourth-order valence-corrected chi connectivity index (χ4v) is 0. The quantitative estimate of drug-likeness (QED) is 0.309. The molecule has 0 amide bonds. The highest BCUT2D eigenvalue weighted by molar-refractivity contribution is 6.65. The van der Waals surface area contributed by atoms with Gasteiger partial charge in [-0.15, -0.1) is 0 Å². The first-order chi connectivity index (χ1) is 2.00. The van der Waals surface area contributed by atoms with Crippen molar-refractivity contribution in [1.82, 2.24) is 0 Å². The van der Waals surface area contributed by atoms with E-state index in [9.17, 15) is 0 Å². The minimum Gasteiger partial charge on any atom is -1.00 e. The van der Waals surface area contributed by atoms with Crippen LogP contribution in [0.5, 0.6) is 0 Å². The Morgan fingerprint density at radius 2 is 1.17 bits per heavy atom. The van der Waals surface area contributed by atoms with Crippen LogP contribution >= 0.6 is 34.8 Å².